The Hall–Kier alpha value is -2.34. The van der Waals surface area contributed by atoms with E-state index >= 15 is 0 Å². The molecule has 2 heterocycles. The summed E-state index contributed by atoms with van der Waals surface area (Å²) in [6, 6.07) is 9.46. The van der Waals surface area contributed by atoms with Crippen molar-refractivity contribution in [2.75, 3.05) is 18.5 Å². The maximum absolute atomic E-state index is 12.4. The van der Waals surface area contributed by atoms with Crippen LogP contribution in [0.3, 0.4) is 0 Å². The number of aromatic nitrogens is 2. The number of nitrogens with one attached hydrogen (secondary N) is 1. The second-order valence-corrected chi connectivity index (χ2v) is 5.44. The molecule has 2 atom stereocenters. The molecule has 1 N–H and O–H groups in total. The van der Waals surface area contributed by atoms with Crippen molar-refractivity contribution in [2.24, 2.45) is 0 Å². The number of anilines is 1. The fraction of sp³-hybridized carbons (Fsp3) is 0.375. The fourth-order valence-corrected chi connectivity index (χ4v) is 2.53. The number of amides is 2. The van der Waals surface area contributed by atoms with Crippen LogP contribution in [0.5, 0.6) is 0 Å². The molecule has 1 aliphatic rings. The Morgan fingerprint density at radius 1 is 1.32 bits per heavy atom. The molecule has 116 valence electrons. The molecule has 6 nitrogen and oxygen atoms in total. The van der Waals surface area contributed by atoms with Gasteiger partial charge in [0.05, 0.1) is 24.4 Å². The van der Waals surface area contributed by atoms with Gasteiger partial charge in [0.1, 0.15) is 0 Å². The van der Waals surface area contributed by atoms with Gasteiger partial charge < -0.3 is 15.0 Å². The molecule has 0 aliphatic carbocycles. The Balaban J connectivity index is 1.66. The van der Waals surface area contributed by atoms with Crippen LogP contribution in [0.25, 0.3) is 5.69 Å². The van der Waals surface area contributed by atoms with E-state index in [1.807, 2.05) is 55.3 Å². The van der Waals surface area contributed by atoms with Crippen LogP contribution in [0.4, 0.5) is 10.5 Å². The minimum atomic E-state index is -0.0884. The van der Waals surface area contributed by atoms with E-state index in [0.29, 0.717) is 13.2 Å². The molecule has 2 amide bonds. The molecule has 3 rings (SSSR count). The number of morpholine rings is 1. The van der Waals surface area contributed by atoms with E-state index in [1.165, 1.54) is 0 Å². The number of carbonyl (C=O) groups is 1. The number of benzene rings is 1. The first-order valence-corrected chi connectivity index (χ1v) is 7.44. The maximum atomic E-state index is 12.4. The molecule has 22 heavy (non-hydrogen) atoms. The molecule has 0 unspecified atom stereocenters. The number of ether oxygens (including phenoxy) is 1. The lowest BCUT2D eigenvalue weighted by Gasteiger charge is -2.37. The Morgan fingerprint density at radius 2 is 2.09 bits per heavy atom. The predicted octanol–water partition coefficient (Wildman–Crippen LogP) is 2.51. The van der Waals surface area contributed by atoms with E-state index in [9.17, 15) is 4.79 Å². The quantitative estimate of drug-likeness (QED) is 0.927. The Morgan fingerprint density at radius 3 is 2.77 bits per heavy atom. The highest BCUT2D eigenvalue weighted by atomic mass is 16.5. The van der Waals surface area contributed by atoms with Crippen molar-refractivity contribution >= 4 is 11.7 Å². The van der Waals surface area contributed by atoms with E-state index in [-0.39, 0.29) is 18.2 Å². The van der Waals surface area contributed by atoms with Crippen molar-refractivity contribution in [3.05, 3.63) is 42.7 Å². The SMILES string of the molecule is C[C@@H]1[C@@H](C)OCCN1C(=O)Nc1ccc(-n2cccn2)cc1. The van der Waals surface area contributed by atoms with Crippen LogP contribution in [0.15, 0.2) is 42.7 Å². The minimum Gasteiger partial charge on any atom is -0.375 e. The number of rotatable bonds is 2. The van der Waals surface area contributed by atoms with Gasteiger partial charge in [0.2, 0.25) is 0 Å². The number of hydrogen-bond donors (Lipinski definition) is 1. The first-order chi connectivity index (χ1) is 10.6. The first-order valence-electron chi connectivity index (χ1n) is 7.44. The zero-order chi connectivity index (χ0) is 15.5. The molecule has 0 radical (unpaired) electrons. The Bertz CT molecular complexity index is 624. The highest BCUT2D eigenvalue weighted by Crippen LogP contribution is 2.17. The zero-order valence-electron chi connectivity index (χ0n) is 12.8. The van der Waals surface area contributed by atoms with E-state index in [0.717, 1.165) is 11.4 Å². The van der Waals surface area contributed by atoms with Crippen LogP contribution in [0.1, 0.15) is 13.8 Å². The highest BCUT2D eigenvalue weighted by Gasteiger charge is 2.29. The monoisotopic (exact) mass is 300 g/mol. The number of urea groups is 1. The van der Waals surface area contributed by atoms with Crippen LogP contribution in [-0.4, -0.2) is 46.0 Å². The normalized spacial score (nSPS) is 21.6. The summed E-state index contributed by atoms with van der Waals surface area (Å²) in [7, 11) is 0. The van der Waals surface area contributed by atoms with Gasteiger partial charge in [-0.05, 0) is 44.2 Å². The number of carbonyl (C=O) groups excluding carboxylic acids is 1. The average molecular weight is 300 g/mol. The average Bonchev–Trinajstić information content (AvgIpc) is 3.05. The van der Waals surface area contributed by atoms with Gasteiger partial charge >= 0.3 is 6.03 Å². The molecule has 1 aliphatic heterocycles. The third-order valence-electron chi connectivity index (χ3n) is 4.03. The molecule has 1 aromatic carbocycles. The molecule has 1 fully saturated rings. The predicted molar refractivity (Wildman–Crippen MR) is 84.2 cm³/mol. The van der Waals surface area contributed by atoms with Gasteiger partial charge in [0.25, 0.3) is 0 Å². The van der Waals surface area contributed by atoms with Crippen molar-refractivity contribution in [2.45, 2.75) is 26.0 Å². The zero-order valence-corrected chi connectivity index (χ0v) is 12.8. The molecule has 2 aromatic rings. The number of hydrogen-bond acceptors (Lipinski definition) is 3. The van der Waals surface area contributed by atoms with E-state index < -0.39 is 0 Å². The van der Waals surface area contributed by atoms with Crippen molar-refractivity contribution in [3.63, 3.8) is 0 Å². The molecule has 1 saturated heterocycles. The minimum absolute atomic E-state index is 0.0571. The molecular formula is C16H20N4O2. The van der Waals surface area contributed by atoms with E-state index in [1.54, 1.807) is 10.9 Å². The van der Waals surface area contributed by atoms with Crippen LogP contribution in [0.2, 0.25) is 0 Å². The first kappa shape index (κ1) is 14.6. The molecule has 0 bridgehead atoms. The standard InChI is InChI=1S/C16H20N4O2/c1-12-13(2)22-11-10-19(12)16(21)18-14-4-6-15(7-5-14)20-9-3-8-17-20/h3-9,12-13H,10-11H2,1-2H3,(H,18,21)/t12-,13-/m1/s1. The molecule has 6 heteroatoms. The topological polar surface area (TPSA) is 59.4 Å². The van der Waals surface area contributed by atoms with Gasteiger partial charge in [-0.1, -0.05) is 0 Å². The maximum Gasteiger partial charge on any atom is 0.322 e. The van der Waals surface area contributed by atoms with Crippen LogP contribution in [0, 0.1) is 0 Å². The van der Waals surface area contributed by atoms with Crippen molar-refractivity contribution in [1.82, 2.24) is 14.7 Å². The number of nitrogens with zero attached hydrogens (tertiary/aromatic N) is 3. The summed E-state index contributed by atoms with van der Waals surface area (Å²) >= 11 is 0. The molecule has 1 aromatic heterocycles. The summed E-state index contributed by atoms with van der Waals surface area (Å²) in [5.41, 5.74) is 1.73. The molecule has 0 spiro atoms. The van der Waals surface area contributed by atoms with Crippen molar-refractivity contribution < 1.29 is 9.53 Å². The smallest absolute Gasteiger partial charge is 0.322 e. The lowest BCUT2D eigenvalue weighted by Crippen LogP contribution is -2.52. The Labute approximate surface area is 129 Å². The van der Waals surface area contributed by atoms with Crippen molar-refractivity contribution in [1.29, 1.82) is 0 Å². The van der Waals surface area contributed by atoms with Crippen LogP contribution in [-0.2, 0) is 4.74 Å². The third kappa shape index (κ3) is 2.96. The lowest BCUT2D eigenvalue weighted by molar-refractivity contribution is -0.0355. The van der Waals surface area contributed by atoms with E-state index in [2.05, 4.69) is 10.4 Å². The summed E-state index contributed by atoms with van der Waals surface area (Å²) in [4.78, 5) is 14.2. The van der Waals surface area contributed by atoms with Crippen LogP contribution < -0.4 is 5.32 Å². The summed E-state index contributed by atoms with van der Waals surface area (Å²) in [6.07, 6.45) is 3.67. The summed E-state index contributed by atoms with van der Waals surface area (Å²) in [5, 5.41) is 7.11. The molecule has 0 saturated carbocycles. The van der Waals surface area contributed by atoms with Gasteiger partial charge in [0.15, 0.2) is 0 Å². The summed E-state index contributed by atoms with van der Waals surface area (Å²) in [6.45, 7) is 5.19. The highest BCUT2D eigenvalue weighted by molar-refractivity contribution is 5.89. The van der Waals surface area contributed by atoms with Crippen LogP contribution >= 0.6 is 0 Å². The fourth-order valence-electron chi connectivity index (χ4n) is 2.53. The lowest BCUT2D eigenvalue weighted by atomic mass is 10.1. The van der Waals surface area contributed by atoms with Gasteiger partial charge in [-0.2, -0.15) is 5.10 Å². The Kier molecular flexibility index (Phi) is 4.11. The van der Waals surface area contributed by atoms with Gasteiger partial charge in [-0.3, -0.25) is 0 Å². The second-order valence-electron chi connectivity index (χ2n) is 5.44. The van der Waals surface area contributed by atoms with Gasteiger partial charge in [0, 0.05) is 24.6 Å². The van der Waals surface area contributed by atoms with Gasteiger partial charge in [-0.15, -0.1) is 0 Å². The van der Waals surface area contributed by atoms with E-state index in [4.69, 9.17) is 4.74 Å². The van der Waals surface area contributed by atoms with Gasteiger partial charge in [-0.25, -0.2) is 9.48 Å². The molecular weight excluding hydrogens is 280 g/mol. The summed E-state index contributed by atoms with van der Waals surface area (Å²) in [5.74, 6) is 0. The second kappa shape index (κ2) is 6.19. The summed E-state index contributed by atoms with van der Waals surface area (Å²) < 4.78 is 7.32. The third-order valence-corrected chi connectivity index (χ3v) is 4.03. The largest absolute Gasteiger partial charge is 0.375 e. The van der Waals surface area contributed by atoms with Crippen molar-refractivity contribution in [3.8, 4) is 5.69 Å².